The zero-order valence-corrected chi connectivity index (χ0v) is 18.7. The van der Waals surface area contributed by atoms with Crippen molar-refractivity contribution in [3.63, 3.8) is 0 Å². The second-order valence-electron chi connectivity index (χ2n) is 7.18. The number of halogens is 1. The van der Waals surface area contributed by atoms with E-state index in [4.69, 9.17) is 11.6 Å². The second-order valence-corrected chi connectivity index (χ2v) is 10.5. The lowest BCUT2D eigenvalue weighted by molar-refractivity contribution is 0.0860. The largest absolute Gasteiger partial charge is 0.286 e. The summed E-state index contributed by atoms with van der Waals surface area (Å²) in [5.41, 5.74) is 1.51. The molecule has 2 aliphatic rings. The number of hydrogen-bond donors (Lipinski definition) is 0. The third kappa shape index (κ3) is 4.56. The van der Waals surface area contributed by atoms with Gasteiger partial charge in [-0.1, -0.05) is 35.5 Å². The van der Waals surface area contributed by atoms with Gasteiger partial charge >= 0.3 is 0 Å². The van der Waals surface area contributed by atoms with Gasteiger partial charge < -0.3 is 0 Å². The fraction of sp³-hybridized carbons (Fsp3) is 0.333. The SMILES string of the molecule is O=C(c1ccc(S(=O)(=O)N2CCCC2)cc1)N1CCN=C1SCc1cccc(Cl)c1. The standard InChI is InChI=1S/C21H22ClN3O3S2/c22-18-5-3-4-16(14-18)15-29-21-23-10-13-25(21)20(26)17-6-8-19(9-7-17)30(27,28)24-11-1-2-12-24/h3-9,14H,1-2,10-13,15H2. The molecule has 2 aromatic carbocycles. The Morgan fingerprint density at radius 1 is 1.07 bits per heavy atom. The van der Waals surface area contributed by atoms with Crippen molar-refractivity contribution in [2.24, 2.45) is 4.99 Å². The molecular formula is C21H22ClN3O3S2. The van der Waals surface area contributed by atoms with Gasteiger partial charge in [0.05, 0.1) is 11.4 Å². The van der Waals surface area contributed by atoms with Gasteiger partial charge in [-0.05, 0) is 54.8 Å². The van der Waals surface area contributed by atoms with Gasteiger partial charge in [-0.2, -0.15) is 4.31 Å². The maximum absolute atomic E-state index is 13.0. The smallest absolute Gasteiger partial charge is 0.259 e. The Hall–Kier alpha value is -1.87. The Morgan fingerprint density at radius 3 is 2.50 bits per heavy atom. The first-order valence-electron chi connectivity index (χ1n) is 9.79. The lowest BCUT2D eigenvalue weighted by Crippen LogP contribution is -2.33. The first kappa shape index (κ1) is 21.4. The van der Waals surface area contributed by atoms with Crippen molar-refractivity contribution in [3.05, 3.63) is 64.7 Å². The Bertz CT molecular complexity index is 1070. The van der Waals surface area contributed by atoms with Crippen molar-refractivity contribution in [2.45, 2.75) is 23.5 Å². The normalized spacial score (nSPS) is 17.4. The van der Waals surface area contributed by atoms with Gasteiger partial charge in [0.1, 0.15) is 0 Å². The first-order chi connectivity index (χ1) is 14.4. The van der Waals surface area contributed by atoms with E-state index in [1.807, 2.05) is 24.3 Å². The van der Waals surface area contributed by atoms with E-state index in [9.17, 15) is 13.2 Å². The molecule has 1 saturated heterocycles. The molecule has 0 atom stereocenters. The van der Waals surface area contributed by atoms with Gasteiger partial charge in [0, 0.05) is 36.0 Å². The molecule has 0 saturated carbocycles. The molecule has 30 heavy (non-hydrogen) atoms. The van der Waals surface area contributed by atoms with Crippen LogP contribution in [0.3, 0.4) is 0 Å². The molecule has 0 radical (unpaired) electrons. The van der Waals surface area contributed by atoms with E-state index in [1.54, 1.807) is 17.0 Å². The van der Waals surface area contributed by atoms with Crippen molar-refractivity contribution in [3.8, 4) is 0 Å². The van der Waals surface area contributed by atoms with Gasteiger partial charge in [0.2, 0.25) is 10.0 Å². The maximum atomic E-state index is 13.0. The molecule has 6 nitrogen and oxygen atoms in total. The third-order valence-corrected chi connectivity index (χ3v) is 8.34. The second kappa shape index (κ2) is 9.09. The topological polar surface area (TPSA) is 70.1 Å². The number of amidine groups is 1. The Kier molecular flexibility index (Phi) is 6.48. The summed E-state index contributed by atoms with van der Waals surface area (Å²) in [7, 11) is -3.48. The Balaban J connectivity index is 1.44. The van der Waals surface area contributed by atoms with Crippen molar-refractivity contribution < 1.29 is 13.2 Å². The fourth-order valence-electron chi connectivity index (χ4n) is 3.52. The van der Waals surface area contributed by atoms with Gasteiger partial charge in [-0.3, -0.25) is 14.7 Å². The molecule has 4 rings (SSSR count). The minimum absolute atomic E-state index is 0.171. The molecule has 9 heteroatoms. The fourth-order valence-corrected chi connectivity index (χ4v) is 6.23. The molecule has 0 unspecified atom stereocenters. The molecule has 2 aromatic rings. The summed E-state index contributed by atoms with van der Waals surface area (Å²) in [6.07, 6.45) is 1.78. The average Bonchev–Trinajstić information content (AvgIpc) is 3.44. The summed E-state index contributed by atoms with van der Waals surface area (Å²) in [6, 6.07) is 13.8. The Labute approximate surface area is 186 Å². The van der Waals surface area contributed by atoms with E-state index in [0.717, 1.165) is 18.4 Å². The summed E-state index contributed by atoms with van der Waals surface area (Å²) >= 11 is 7.53. The Morgan fingerprint density at radius 2 is 1.80 bits per heavy atom. The molecule has 0 aromatic heterocycles. The monoisotopic (exact) mass is 463 g/mol. The zero-order chi connectivity index (χ0) is 21.1. The van der Waals surface area contributed by atoms with E-state index < -0.39 is 10.0 Å². The third-order valence-electron chi connectivity index (χ3n) is 5.11. The molecule has 158 valence electrons. The van der Waals surface area contributed by atoms with Gasteiger partial charge in [0.15, 0.2) is 5.17 Å². The van der Waals surface area contributed by atoms with Crippen molar-refractivity contribution in [2.75, 3.05) is 26.2 Å². The van der Waals surface area contributed by atoms with E-state index in [2.05, 4.69) is 4.99 Å². The summed E-state index contributed by atoms with van der Waals surface area (Å²) in [4.78, 5) is 19.3. The molecule has 2 heterocycles. The highest BCUT2D eigenvalue weighted by Gasteiger charge is 2.28. The lowest BCUT2D eigenvalue weighted by atomic mass is 10.2. The van der Waals surface area contributed by atoms with Crippen molar-refractivity contribution in [1.82, 2.24) is 9.21 Å². The van der Waals surface area contributed by atoms with Crippen LogP contribution in [0.2, 0.25) is 5.02 Å². The number of benzene rings is 2. The lowest BCUT2D eigenvalue weighted by Gasteiger charge is -2.19. The van der Waals surface area contributed by atoms with Crippen LogP contribution in [-0.2, 0) is 15.8 Å². The molecule has 2 aliphatic heterocycles. The van der Waals surface area contributed by atoms with E-state index in [1.165, 1.54) is 28.2 Å². The van der Waals surface area contributed by atoms with Crippen LogP contribution in [0.15, 0.2) is 58.4 Å². The number of carbonyl (C=O) groups excluding carboxylic acids is 1. The number of rotatable bonds is 5. The molecule has 0 bridgehead atoms. The van der Waals surface area contributed by atoms with Crippen LogP contribution < -0.4 is 0 Å². The average molecular weight is 464 g/mol. The van der Waals surface area contributed by atoms with Gasteiger partial charge in [0.25, 0.3) is 5.91 Å². The highest BCUT2D eigenvalue weighted by atomic mass is 35.5. The van der Waals surface area contributed by atoms with Crippen LogP contribution >= 0.6 is 23.4 Å². The molecule has 1 fully saturated rings. The first-order valence-corrected chi connectivity index (χ1v) is 12.6. The van der Waals surface area contributed by atoms with Crippen LogP contribution in [-0.4, -0.2) is 54.9 Å². The van der Waals surface area contributed by atoms with Crippen LogP contribution in [0.5, 0.6) is 0 Å². The summed E-state index contributed by atoms with van der Waals surface area (Å²) in [6.45, 7) is 2.19. The molecule has 0 aliphatic carbocycles. The quantitative estimate of drug-likeness (QED) is 0.674. The number of thioether (sulfide) groups is 1. The summed E-state index contributed by atoms with van der Waals surface area (Å²) in [5.74, 6) is 0.492. The van der Waals surface area contributed by atoms with E-state index in [-0.39, 0.29) is 10.8 Å². The minimum atomic E-state index is -3.48. The number of sulfonamides is 1. The number of carbonyl (C=O) groups is 1. The van der Waals surface area contributed by atoms with Crippen molar-refractivity contribution in [1.29, 1.82) is 0 Å². The van der Waals surface area contributed by atoms with Gasteiger partial charge in [-0.25, -0.2) is 8.42 Å². The molecule has 1 amide bonds. The number of hydrogen-bond acceptors (Lipinski definition) is 5. The van der Waals surface area contributed by atoms with Crippen LogP contribution in [0.1, 0.15) is 28.8 Å². The molecule has 0 spiro atoms. The van der Waals surface area contributed by atoms with Crippen molar-refractivity contribution >= 4 is 44.5 Å². The highest BCUT2D eigenvalue weighted by Crippen LogP contribution is 2.24. The zero-order valence-electron chi connectivity index (χ0n) is 16.3. The predicted octanol–water partition coefficient (Wildman–Crippen LogP) is 3.87. The number of amides is 1. The van der Waals surface area contributed by atoms with E-state index in [0.29, 0.717) is 47.7 Å². The maximum Gasteiger partial charge on any atom is 0.259 e. The highest BCUT2D eigenvalue weighted by molar-refractivity contribution is 8.13. The minimum Gasteiger partial charge on any atom is -0.286 e. The number of aliphatic imine (C=N–C) groups is 1. The van der Waals surface area contributed by atoms with E-state index >= 15 is 0 Å². The molecular weight excluding hydrogens is 442 g/mol. The van der Waals surface area contributed by atoms with Crippen LogP contribution in [0, 0.1) is 0 Å². The summed E-state index contributed by atoms with van der Waals surface area (Å²) < 4.78 is 26.8. The number of nitrogens with zero attached hydrogens (tertiary/aromatic N) is 3. The molecule has 0 N–H and O–H groups in total. The predicted molar refractivity (Wildman–Crippen MR) is 121 cm³/mol. The van der Waals surface area contributed by atoms with Gasteiger partial charge in [-0.15, -0.1) is 0 Å². The summed E-state index contributed by atoms with van der Waals surface area (Å²) in [5, 5.41) is 1.35. The van der Waals surface area contributed by atoms with Crippen LogP contribution in [0.4, 0.5) is 0 Å². The van der Waals surface area contributed by atoms with Crippen LogP contribution in [0.25, 0.3) is 0 Å².